The van der Waals surface area contributed by atoms with Crippen LogP contribution in [0.1, 0.15) is 19.8 Å². The number of halogens is 1. The molecule has 0 aromatic carbocycles. The second-order valence-corrected chi connectivity index (χ2v) is 3.14. The zero-order valence-corrected chi connectivity index (χ0v) is 6.58. The maximum Gasteiger partial charge on any atom is 0.0556 e. The Morgan fingerprint density at radius 2 is 2.22 bits per heavy atom. The van der Waals surface area contributed by atoms with E-state index in [0.29, 0.717) is 5.41 Å². The third kappa shape index (κ3) is 1.39. The molecule has 1 saturated heterocycles. The van der Waals surface area contributed by atoms with Crippen molar-refractivity contribution in [3.8, 4) is 0 Å². The van der Waals surface area contributed by atoms with E-state index in [0.717, 1.165) is 19.1 Å². The molecule has 1 rings (SSSR count). The van der Waals surface area contributed by atoms with Gasteiger partial charge in [0.1, 0.15) is 0 Å². The fourth-order valence-electron chi connectivity index (χ4n) is 1.21. The second-order valence-electron chi connectivity index (χ2n) is 2.88. The van der Waals surface area contributed by atoms with Gasteiger partial charge < -0.3 is 4.74 Å². The van der Waals surface area contributed by atoms with E-state index < -0.39 is 0 Å². The predicted octanol–water partition coefficient (Wildman–Crippen LogP) is 2.04. The summed E-state index contributed by atoms with van der Waals surface area (Å²) in [5.41, 5.74) is 0.357. The Balaban J connectivity index is 2.28. The first-order chi connectivity index (χ1) is 4.33. The van der Waals surface area contributed by atoms with Crippen molar-refractivity contribution in [2.75, 3.05) is 19.1 Å². The molecule has 0 atom stereocenters. The molecule has 1 fully saturated rings. The van der Waals surface area contributed by atoms with Crippen LogP contribution in [-0.2, 0) is 4.74 Å². The molecule has 1 heterocycles. The van der Waals surface area contributed by atoms with Gasteiger partial charge in [0, 0.05) is 11.3 Å². The monoisotopic (exact) mass is 148 g/mol. The average molecular weight is 149 g/mol. The molecule has 1 nitrogen and oxygen atoms in total. The van der Waals surface area contributed by atoms with Gasteiger partial charge in [-0.25, -0.2) is 0 Å². The molecule has 9 heavy (non-hydrogen) atoms. The maximum atomic E-state index is 5.76. The van der Waals surface area contributed by atoms with Crippen molar-refractivity contribution >= 4 is 11.6 Å². The highest BCUT2D eigenvalue weighted by Gasteiger charge is 2.36. The van der Waals surface area contributed by atoms with Crippen LogP contribution >= 0.6 is 11.6 Å². The minimum Gasteiger partial charge on any atom is -0.380 e. The van der Waals surface area contributed by atoms with Gasteiger partial charge in [-0.3, -0.25) is 0 Å². The summed E-state index contributed by atoms with van der Waals surface area (Å²) in [5, 5.41) is 0. The van der Waals surface area contributed by atoms with Crippen LogP contribution in [0.3, 0.4) is 0 Å². The summed E-state index contributed by atoms with van der Waals surface area (Å²) in [6.07, 6.45) is 2.44. The van der Waals surface area contributed by atoms with Crippen molar-refractivity contribution in [3.63, 3.8) is 0 Å². The summed E-state index contributed by atoms with van der Waals surface area (Å²) < 4.78 is 5.10. The number of hydrogen-bond acceptors (Lipinski definition) is 1. The Morgan fingerprint density at radius 1 is 1.56 bits per heavy atom. The Bertz CT molecular complexity index is 83.4. The van der Waals surface area contributed by atoms with Crippen molar-refractivity contribution < 1.29 is 4.74 Å². The largest absolute Gasteiger partial charge is 0.380 e. The first-order valence-corrected chi connectivity index (χ1v) is 4.00. The molecule has 54 valence electrons. The van der Waals surface area contributed by atoms with Crippen LogP contribution in [0.4, 0.5) is 0 Å². The molecule has 0 radical (unpaired) electrons. The smallest absolute Gasteiger partial charge is 0.0556 e. The summed E-state index contributed by atoms with van der Waals surface area (Å²) >= 11 is 5.76. The Hall–Kier alpha value is 0.250. The van der Waals surface area contributed by atoms with E-state index in [1.807, 2.05) is 0 Å². The van der Waals surface area contributed by atoms with Gasteiger partial charge in [-0.05, 0) is 6.42 Å². The third-order valence-corrected chi connectivity index (χ3v) is 2.45. The number of rotatable bonds is 3. The molecule has 0 spiro atoms. The van der Waals surface area contributed by atoms with Gasteiger partial charge in [0.2, 0.25) is 0 Å². The quantitative estimate of drug-likeness (QED) is 0.557. The van der Waals surface area contributed by atoms with Gasteiger partial charge in [0.05, 0.1) is 13.2 Å². The molecule has 0 bridgehead atoms. The summed E-state index contributed by atoms with van der Waals surface area (Å²) in [6.45, 7) is 3.95. The van der Waals surface area contributed by atoms with Gasteiger partial charge >= 0.3 is 0 Å². The summed E-state index contributed by atoms with van der Waals surface area (Å²) in [6, 6.07) is 0. The molecular weight excluding hydrogens is 136 g/mol. The molecule has 1 aliphatic heterocycles. The van der Waals surface area contributed by atoms with E-state index in [4.69, 9.17) is 16.3 Å². The fraction of sp³-hybridized carbons (Fsp3) is 1.00. The van der Waals surface area contributed by atoms with E-state index in [1.165, 1.54) is 12.8 Å². The van der Waals surface area contributed by atoms with Crippen molar-refractivity contribution in [2.45, 2.75) is 19.8 Å². The van der Waals surface area contributed by atoms with E-state index in [-0.39, 0.29) is 0 Å². The highest BCUT2D eigenvalue weighted by atomic mass is 35.5. The average Bonchev–Trinajstić information content (AvgIpc) is 1.79. The van der Waals surface area contributed by atoms with Gasteiger partial charge in [0.15, 0.2) is 0 Å². The van der Waals surface area contributed by atoms with Crippen LogP contribution in [0.15, 0.2) is 0 Å². The molecule has 0 unspecified atom stereocenters. The number of ether oxygens (including phenoxy) is 1. The van der Waals surface area contributed by atoms with Crippen LogP contribution in [0.5, 0.6) is 0 Å². The van der Waals surface area contributed by atoms with Gasteiger partial charge in [-0.15, -0.1) is 11.6 Å². The molecule has 0 aromatic heterocycles. The molecule has 0 saturated carbocycles. The van der Waals surface area contributed by atoms with Crippen LogP contribution in [-0.4, -0.2) is 19.1 Å². The lowest BCUT2D eigenvalue weighted by Gasteiger charge is -2.39. The van der Waals surface area contributed by atoms with Gasteiger partial charge in [-0.2, -0.15) is 0 Å². The lowest BCUT2D eigenvalue weighted by atomic mass is 9.84. The Morgan fingerprint density at radius 3 is 2.33 bits per heavy atom. The van der Waals surface area contributed by atoms with E-state index >= 15 is 0 Å². The van der Waals surface area contributed by atoms with Crippen molar-refractivity contribution in [2.24, 2.45) is 5.41 Å². The first kappa shape index (κ1) is 7.36. The van der Waals surface area contributed by atoms with E-state index in [2.05, 4.69) is 6.92 Å². The second kappa shape index (κ2) is 2.89. The lowest BCUT2D eigenvalue weighted by molar-refractivity contribution is -0.103. The molecule has 1 aliphatic rings. The highest BCUT2D eigenvalue weighted by Crippen LogP contribution is 2.33. The van der Waals surface area contributed by atoms with Crippen molar-refractivity contribution in [1.82, 2.24) is 0 Å². The van der Waals surface area contributed by atoms with Gasteiger partial charge in [-0.1, -0.05) is 13.3 Å². The first-order valence-electron chi connectivity index (χ1n) is 3.47. The molecule has 0 amide bonds. The fourth-order valence-corrected chi connectivity index (χ4v) is 1.50. The van der Waals surface area contributed by atoms with E-state index in [1.54, 1.807) is 0 Å². The molecule has 0 aromatic rings. The maximum absolute atomic E-state index is 5.76. The molecular formula is C7H13ClO. The topological polar surface area (TPSA) is 9.23 Å². The zero-order valence-electron chi connectivity index (χ0n) is 5.82. The number of hydrogen-bond donors (Lipinski definition) is 0. The standard InChI is InChI=1S/C7H13ClO/c1-2-3-7(4-8)5-9-6-7/h2-6H2,1H3. The Kier molecular flexibility index (Phi) is 2.36. The van der Waals surface area contributed by atoms with Crippen molar-refractivity contribution in [3.05, 3.63) is 0 Å². The summed E-state index contributed by atoms with van der Waals surface area (Å²) in [7, 11) is 0. The van der Waals surface area contributed by atoms with Crippen LogP contribution in [0.2, 0.25) is 0 Å². The summed E-state index contributed by atoms with van der Waals surface area (Å²) in [5.74, 6) is 0.765. The lowest BCUT2D eigenvalue weighted by Crippen LogP contribution is -2.43. The summed E-state index contributed by atoms with van der Waals surface area (Å²) in [4.78, 5) is 0. The number of alkyl halides is 1. The van der Waals surface area contributed by atoms with E-state index in [9.17, 15) is 0 Å². The molecule has 0 N–H and O–H groups in total. The van der Waals surface area contributed by atoms with Crippen LogP contribution < -0.4 is 0 Å². The van der Waals surface area contributed by atoms with Crippen molar-refractivity contribution in [1.29, 1.82) is 0 Å². The SMILES string of the molecule is CCCC1(CCl)COC1. The normalized spacial score (nSPS) is 23.3. The van der Waals surface area contributed by atoms with Crippen LogP contribution in [0.25, 0.3) is 0 Å². The molecule has 2 heteroatoms. The minimum atomic E-state index is 0.357. The third-order valence-electron chi connectivity index (χ3n) is 1.88. The zero-order chi connectivity index (χ0) is 6.74. The van der Waals surface area contributed by atoms with Gasteiger partial charge in [0.25, 0.3) is 0 Å². The minimum absolute atomic E-state index is 0.357. The molecule has 0 aliphatic carbocycles. The Labute approximate surface area is 61.3 Å². The highest BCUT2D eigenvalue weighted by molar-refractivity contribution is 6.18. The van der Waals surface area contributed by atoms with Crippen LogP contribution in [0, 0.1) is 5.41 Å². The predicted molar refractivity (Wildman–Crippen MR) is 38.9 cm³/mol.